The van der Waals surface area contributed by atoms with Gasteiger partial charge in [-0.15, -0.1) is 0 Å². The summed E-state index contributed by atoms with van der Waals surface area (Å²) in [6.07, 6.45) is 5.25. The summed E-state index contributed by atoms with van der Waals surface area (Å²) >= 11 is 14.2. The second-order valence-electron chi connectivity index (χ2n) is 7.92. The first-order valence-electron chi connectivity index (χ1n) is 8.29. The Kier molecular flexibility index (Phi) is 5.06. The van der Waals surface area contributed by atoms with Crippen LogP contribution in [0.5, 0.6) is 0 Å². The van der Waals surface area contributed by atoms with Gasteiger partial charge in [-0.1, -0.05) is 63.7 Å². The Morgan fingerprint density at radius 3 is 1.21 bits per heavy atom. The fourth-order valence-electron chi connectivity index (χ4n) is 3.36. The molecule has 2 N–H and O–H groups in total. The minimum atomic E-state index is -0.367. The van der Waals surface area contributed by atoms with Gasteiger partial charge >= 0.3 is 0 Å². The Hall–Kier alpha value is 0.860. The van der Waals surface area contributed by atoms with E-state index in [0.717, 1.165) is 38.5 Å². The lowest BCUT2D eigenvalue weighted by Gasteiger charge is -2.31. The molecular formula is C16H22Br4N2O2. The molecule has 0 saturated heterocycles. The van der Waals surface area contributed by atoms with Crippen molar-refractivity contribution in [3.8, 4) is 0 Å². The van der Waals surface area contributed by atoms with E-state index in [-0.39, 0.29) is 41.2 Å². The van der Waals surface area contributed by atoms with E-state index in [4.69, 9.17) is 0 Å². The molecule has 3 saturated carbocycles. The average Bonchev–Trinajstić information content (AvgIpc) is 3.21. The summed E-state index contributed by atoms with van der Waals surface area (Å²) < 4.78 is -0.500. The molecule has 3 fully saturated rings. The van der Waals surface area contributed by atoms with Crippen LogP contribution in [-0.4, -0.2) is 30.4 Å². The van der Waals surface area contributed by atoms with Gasteiger partial charge in [0.2, 0.25) is 11.8 Å². The van der Waals surface area contributed by atoms with E-state index < -0.39 is 0 Å². The zero-order chi connectivity index (χ0) is 18.0. The van der Waals surface area contributed by atoms with Crippen LogP contribution in [0.25, 0.3) is 0 Å². The van der Waals surface area contributed by atoms with Crippen LogP contribution in [0.1, 0.15) is 52.4 Å². The highest BCUT2D eigenvalue weighted by Gasteiger charge is 2.67. The highest BCUT2D eigenvalue weighted by molar-refractivity contribution is 9.26. The molecule has 8 heteroatoms. The third kappa shape index (κ3) is 3.38. The molecule has 4 nitrogen and oxygen atoms in total. The molecule has 0 radical (unpaired) electrons. The van der Waals surface area contributed by atoms with Crippen LogP contribution in [0, 0.1) is 10.8 Å². The number of amides is 2. The van der Waals surface area contributed by atoms with Crippen LogP contribution in [0.3, 0.4) is 0 Å². The van der Waals surface area contributed by atoms with Crippen LogP contribution >= 0.6 is 63.7 Å². The maximum absolute atomic E-state index is 12.4. The monoisotopic (exact) mass is 590 g/mol. The Labute approximate surface area is 176 Å². The van der Waals surface area contributed by atoms with Gasteiger partial charge in [0.05, 0.1) is 17.3 Å². The first-order valence-corrected chi connectivity index (χ1v) is 11.5. The van der Waals surface area contributed by atoms with E-state index in [2.05, 4.69) is 74.4 Å². The predicted molar refractivity (Wildman–Crippen MR) is 109 cm³/mol. The normalized spacial score (nSPS) is 42.1. The van der Waals surface area contributed by atoms with Gasteiger partial charge in [-0.3, -0.25) is 9.59 Å². The van der Waals surface area contributed by atoms with Crippen molar-refractivity contribution in [3.63, 3.8) is 0 Å². The van der Waals surface area contributed by atoms with Gasteiger partial charge < -0.3 is 10.6 Å². The summed E-state index contributed by atoms with van der Waals surface area (Å²) in [5.74, 6) is 0.218. The number of hydrogen-bond donors (Lipinski definition) is 2. The molecule has 0 aromatic heterocycles. The summed E-state index contributed by atoms with van der Waals surface area (Å²) in [4.78, 5) is 24.9. The first-order chi connectivity index (χ1) is 10.9. The van der Waals surface area contributed by atoms with Crippen molar-refractivity contribution in [2.75, 3.05) is 0 Å². The topological polar surface area (TPSA) is 58.2 Å². The second-order valence-corrected chi connectivity index (χ2v) is 15.5. The molecule has 2 amide bonds. The Bertz CT molecular complexity index is 524. The summed E-state index contributed by atoms with van der Waals surface area (Å²) in [5.41, 5.74) is -0.735. The van der Waals surface area contributed by atoms with Crippen molar-refractivity contribution in [1.29, 1.82) is 0 Å². The molecule has 24 heavy (non-hydrogen) atoms. The number of carbonyl (C=O) groups excluding carboxylic acids is 2. The standard InChI is InChI=1S/C16H22Br4N2O2/c1-13(7-15(13,17)18)11(23)21-9-3-5-10(6-4-9)22-12(24)14(2)8-16(14,19)20/h9-10H,3-8H2,1-2H3,(H,21,23)(H,22,24)/t9?,10?,13-,14-/m0/s1. The first kappa shape index (κ1) is 19.6. The molecule has 2 atom stereocenters. The van der Waals surface area contributed by atoms with Gasteiger partial charge in [0.25, 0.3) is 0 Å². The fourth-order valence-corrected chi connectivity index (χ4v) is 6.33. The van der Waals surface area contributed by atoms with Crippen molar-refractivity contribution in [2.24, 2.45) is 10.8 Å². The lowest BCUT2D eigenvalue weighted by molar-refractivity contribution is -0.128. The Balaban J connectivity index is 1.44. The van der Waals surface area contributed by atoms with Crippen molar-refractivity contribution in [3.05, 3.63) is 0 Å². The second kappa shape index (κ2) is 6.20. The highest BCUT2D eigenvalue weighted by Crippen LogP contribution is 2.67. The largest absolute Gasteiger partial charge is 0.353 e. The SMILES string of the molecule is C[C@@]1(C(=O)NC2CCC(NC(=O)[C@]3(C)CC3(Br)Br)CC2)CC1(Br)Br. The van der Waals surface area contributed by atoms with E-state index in [0.29, 0.717) is 0 Å². The molecule has 0 aromatic rings. The molecule has 0 spiro atoms. The van der Waals surface area contributed by atoms with Crippen LogP contribution < -0.4 is 10.6 Å². The minimum Gasteiger partial charge on any atom is -0.353 e. The summed E-state index contributed by atoms with van der Waals surface area (Å²) in [5, 5.41) is 6.36. The molecule has 3 rings (SSSR count). The Morgan fingerprint density at radius 2 is 1.00 bits per heavy atom. The lowest BCUT2D eigenvalue weighted by Crippen LogP contribution is -2.47. The van der Waals surface area contributed by atoms with E-state index in [1.807, 2.05) is 13.8 Å². The van der Waals surface area contributed by atoms with Gasteiger partial charge in [0.1, 0.15) is 0 Å². The maximum Gasteiger partial charge on any atom is 0.228 e. The zero-order valence-corrected chi connectivity index (χ0v) is 20.1. The quantitative estimate of drug-likeness (QED) is 0.477. The summed E-state index contributed by atoms with van der Waals surface area (Å²) in [6.45, 7) is 3.95. The maximum atomic E-state index is 12.4. The van der Waals surface area contributed by atoms with Crippen LogP contribution in [0.4, 0.5) is 0 Å². The fraction of sp³-hybridized carbons (Fsp3) is 0.875. The number of halogens is 4. The number of rotatable bonds is 4. The predicted octanol–water partition coefficient (Wildman–Crippen LogP) is 4.32. The molecule has 0 unspecified atom stereocenters. The molecule has 136 valence electrons. The third-order valence-electron chi connectivity index (χ3n) is 5.92. The van der Waals surface area contributed by atoms with E-state index in [1.165, 1.54) is 0 Å². The lowest BCUT2D eigenvalue weighted by atomic mass is 9.90. The molecule has 0 heterocycles. The smallest absolute Gasteiger partial charge is 0.228 e. The van der Waals surface area contributed by atoms with Crippen molar-refractivity contribution in [1.82, 2.24) is 10.6 Å². The molecule has 3 aliphatic carbocycles. The van der Waals surface area contributed by atoms with Crippen LogP contribution in [-0.2, 0) is 9.59 Å². The third-order valence-corrected chi connectivity index (χ3v) is 10.5. The summed E-state index contributed by atoms with van der Waals surface area (Å²) in [7, 11) is 0. The number of alkyl halides is 4. The average molecular weight is 594 g/mol. The molecule has 0 aromatic carbocycles. The number of nitrogens with one attached hydrogen (secondary N) is 2. The van der Waals surface area contributed by atoms with Gasteiger partial charge in [-0.2, -0.15) is 0 Å². The van der Waals surface area contributed by atoms with Gasteiger partial charge in [-0.05, 0) is 52.4 Å². The van der Waals surface area contributed by atoms with E-state index in [9.17, 15) is 9.59 Å². The van der Waals surface area contributed by atoms with Crippen LogP contribution in [0.2, 0.25) is 0 Å². The molecule has 0 bridgehead atoms. The minimum absolute atomic E-state index is 0.109. The Morgan fingerprint density at radius 1 is 0.750 bits per heavy atom. The zero-order valence-electron chi connectivity index (χ0n) is 13.7. The molecule has 3 aliphatic rings. The van der Waals surface area contributed by atoms with Crippen molar-refractivity contribution < 1.29 is 9.59 Å². The van der Waals surface area contributed by atoms with E-state index in [1.54, 1.807) is 0 Å². The number of hydrogen-bond acceptors (Lipinski definition) is 2. The van der Waals surface area contributed by atoms with Crippen molar-refractivity contribution >= 4 is 75.5 Å². The highest BCUT2D eigenvalue weighted by atomic mass is 79.9. The summed E-state index contributed by atoms with van der Waals surface area (Å²) in [6, 6.07) is 0.420. The van der Waals surface area contributed by atoms with E-state index >= 15 is 0 Å². The molecular weight excluding hydrogens is 572 g/mol. The van der Waals surface area contributed by atoms with Gasteiger partial charge in [0.15, 0.2) is 0 Å². The van der Waals surface area contributed by atoms with Crippen molar-refractivity contribution in [2.45, 2.75) is 70.9 Å². The number of carbonyl (C=O) groups is 2. The molecule has 0 aliphatic heterocycles. The van der Waals surface area contributed by atoms with Gasteiger partial charge in [0, 0.05) is 12.1 Å². The van der Waals surface area contributed by atoms with Gasteiger partial charge in [-0.25, -0.2) is 0 Å². The van der Waals surface area contributed by atoms with Crippen LogP contribution in [0.15, 0.2) is 0 Å².